The number of fused-ring (bicyclic) bond motifs is 1. The average Bonchev–Trinajstić information content (AvgIpc) is 2.97. The van der Waals surface area contributed by atoms with Crippen LogP contribution in [0.2, 0.25) is 5.02 Å². The molecule has 0 atom stereocenters. The minimum absolute atomic E-state index is 0.274. The van der Waals surface area contributed by atoms with E-state index in [2.05, 4.69) is 10.2 Å². The molecule has 0 amide bonds. The lowest BCUT2D eigenvalue weighted by Gasteiger charge is -2.21. The van der Waals surface area contributed by atoms with Crippen LogP contribution in [-0.2, 0) is 28.4 Å². The molecule has 0 spiro atoms. The first-order chi connectivity index (χ1) is 10.8. The van der Waals surface area contributed by atoms with Crippen molar-refractivity contribution in [1.82, 2.24) is 14.8 Å². The van der Waals surface area contributed by atoms with Gasteiger partial charge in [-0.25, -0.2) is 0 Å². The van der Waals surface area contributed by atoms with Crippen LogP contribution in [0.25, 0.3) is 0 Å². The predicted octanol–water partition coefficient (Wildman–Crippen LogP) is 2.74. The van der Waals surface area contributed by atoms with Gasteiger partial charge in [0.1, 0.15) is 12.1 Å². The van der Waals surface area contributed by atoms with Gasteiger partial charge in [0.2, 0.25) is 0 Å². The number of nitrogens with zero attached hydrogens (tertiary/aromatic N) is 3. The predicted molar refractivity (Wildman–Crippen MR) is 83.2 cm³/mol. The van der Waals surface area contributed by atoms with Gasteiger partial charge in [-0.3, -0.25) is 0 Å². The van der Waals surface area contributed by atoms with Crippen LogP contribution in [0, 0.1) is 0 Å². The smallest absolute Gasteiger partial charge is 0.191 e. The second kappa shape index (κ2) is 7.32. The molecule has 0 saturated heterocycles. The average molecular weight is 342 g/mol. The number of ether oxygens (including phenoxy) is 3. The van der Waals surface area contributed by atoms with Gasteiger partial charge in [-0.05, 0) is 12.1 Å². The molecule has 0 saturated carbocycles. The molecular weight excluding hydrogens is 326 g/mol. The van der Waals surface area contributed by atoms with Gasteiger partial charge in [0.15, 0.2) is 11.9 Å². The van der Waals surface area contributed by atoms with Crippen molar-refractivity contribution in [3.63, 3.8) is 0 Å². The number of rotatable bonds is 6. The van der Waals surface area contributed by atoms with Crippen LogP contribution in [-0.4, -0.2) is 35.3 Å². The Balaban J connectivity index is 1.74. The highest BCUT2D eigenvalue weighted by molar-refractivity contribution is 7.98. The molecule has 3 rings (SSSR count). The molecular formula is C14H16ClN3O3S. The van der Waals surface area contributed by atoms with Crippen LogP contribution in [0.5, 0.6) is 5.75 Å². The molecule has 0 unspecified atom stereocenters. The zero-order chi connectivity index (χ0) is 15.4. The molecule has 0 N–H and O–H groups in total. The van der Waals surface area contributed by atoms with Crippen LogP contribution < -0.4 is 4.74 Å². The van der Waals surface area contributed by atoms with Gasteiger partial charge >= 0.3 is 0 Å². The number of hydrogen-bond acceptors (Lipinski definition) is 6. The van der Waals surface area contributed by atoms with Crippen LogP contribution in [0.4, 0.5) is 0 Å². The van der Waals surface area contributed by atoms with Gasteiger partial charge in [-0.2, -0.15) is 0 Å². The lowest BCUT2D eigenvalue weighted by molar-refractivity contribution is -0.0168. The van der Waals surface area contributed by atoms with Crippen LogP contribution >= 0.6 is 23.4 Å². The summed E-state index contributed by atoms with van der Waals surface area (Å²) in [6.07, 6.45) is 1.71. The molecule has 8 heteroatoms. The number of benzene rings is 1. The number of halogens is 1. The fourth-order valence-electron chi connectivity index (χ4n) is 2.21. The van der Waals surface area contributed by atoms with Gasteiger partial charge in [0.05, 0.1) is 13.2 Å². The van der Waals surface area contributed by atoms with Crippen molar-refractivity contribution >= 4 is 23.4 Å². The van der Waals surface area contributed by atoms with Gasteiger partial charge in [0.25, 0.3) is 0 Å². The first kappa shape index (κ1) is 15.6. The van der Waals surface area contributed by atoms with Crippen LogP contribution in [0.1, 0.15) is 11.1 Å². The first-order valence-electron chi connectivity index (χ1n) is 6.79. The summed E-state index contributed by atoms with van der Waals surface area (Å²) in [4.78, 5) is 0. The van der Waals surface area contributed by atoms with E-state index < -0.39 is 0 Å². The number of thioether (sulfide) groups is 1. The Hall–Kier alpha value is -1.28. The third kappa shape index (κ3) is 3.55. The van der Waals surface area contributed by atoms with Crippen LogP contribution in [0.3, 0.4) is 0 Å². The number of hydrogen-bond donors (Lipinski definition) is 0. The summed E-state index contributed by atoms with van der Waals surface area (Å²) in [6, 6.07) is 3.81. The molecule has 0 aliphatic carbocycles. The van der Waals surface area contributed by atoms with Crippen molar-refractivity contribution in [2.45, 2.75) is 24.1 Å². The summed E-state index contributed by atoms with van der Waals surface area (Å²) in [5.74, 6) is 1.57. The van der Waals surface area contributed by atoms with E-state index in [0.29, 0.717) is 24.0 Å². The summed E-state index contributed by atoms with van der Waals surface area (Å²) in [5, 5.41) is 9.62. The topological polar surface area (TPSA) is 58.4 Å². The van der Waals surface area contributed by atoms with E-state index >= 15 is 0 Å². The minimum Gasteiger partial charge on any atom is -0.467 e. The minimum atomic E-state index is 0.274. The summed E-state index contributed by atoms with van der Waals surface area (Å²) in [5.41, 5.74) is 2.02. The standard InChI is InChI=1S/C14H16ClN3O3S/c1-19-3-2-18-8-16-17-14(18)22-7-11-5-12(15)4-10-6-20-9-21-13(10)11/h4-5,8H,2-3,6-7,9H2,1H3. The van der Waals surface area contributed by atoms with Gasteiger partial charge in [0, 0.05) is 35.6 Å². The Morgan fingerprint density at radius 1 is 1.45 bits per heavy atom. The molecule has 1 aliphatic rings. The zero-order valence-corrected chi connectivity index (χ0v) is 13.7. The fraction of sp³-hybridized carbons (Fsp3) is 0.429. The van der Waals surface area contributed by atoms with Crippen molar-refractivity contribution in [2.75, 3.05) is 20.5 Å². The number of methoxy groups -OCH3 is 1. The van der Waals surface area contributed by atoms with Crippen molar-refractivity contribution < 1.29 is 14.2 Å². The highest BCUT2D eigenvalue weighted by Crippen LogP contribution is 2.35. The maximum atomic E-state index is 6.17. The number of aromatic nitrogens is 3. The molecule has 2 heterocycles. The molecule has 118 valence electrons. The molecule has 0 bridgehead atoms. The molecule has 1 aromatic carbocycles. The maximum absolute atomic E-state index is 6.17. The van der Waals surface area contributed by atoms with E-state index in [-0.39, 0.29) is 6.79 Å². The van der Waals surface area contributed by atoms with Crippen molar-refractivity contribution in [2.24, 2.45) is 0 Å². The fourth-order valence-corrected chi connectivity index (χ4v) is 3.38. The van der Waals surface area contributed by atoms with Crippen molar-refractivity contribution in [1.29, 1.82) is 0 Å². The van der Waals surface area contributed by atoms with Gasteiger partial charge in [-0.1, -0.05) is 23.4 Å². The van der Waals surface area contributed by atoms with Gasteiger partial charge in [-0.15, -0.1) is 10.2 Å². The van der Waals surface area contributed by atoms with Crippen LogP contribution in [0.15, 0.2) is 23.6 Å². The molecule has 1 aromatic heterocycles. The Morgan fingerprint density at radius 2 is 2.36 bits per heavy atom. The van der Waals surface area contributed by atoms with E-state index in [1.54, 1.807) is 25.2 Å². The second-order valence-electron chi connectivity index (χ2n) is 4.75. The Labute approximate surface area is 137 Å². The van der Waals surface area contributed by atoms with E-state index in [1.165, 1.54) is 0 Å². The third-order valence-electron chi connectivity index (χ3n) is 3.22. The SMILES string of the molecule is COCCn1cnnc1SCc1cc(Cl)cc2c1OCOC2. The molecule has 22 heavy (non-hydrogen) atoms. The molecule has 1 aliphatic heterocycles. The summed E-state index contributed by atoms with van der Waals surface area (Å²) < 4.78 is 18.0. The van der Waals surface area contributed by atoms with E-state index in [0.717, 1.165) is 28.6 Å². The van der Waals surface area contributed by atoms with Gasteiger partial charge < -0.3 is 18.8 Å². The highest BCUT2D eigenvalue weighted by Gasteiger charge is 2.17. The van der Waals surface area contributed by atoms with E-state index in [9.17, 15) is 0 Å². The lowest BCUT2D eigenvalue weighted by atomic mass is 10.1. The first-order valence-corrected chi connectivity index (χ1v) is 8.15. The molecule has 6 nitrogen and oxygen atoms in total. The molecule has 2 aromatic rings. The maximum Gasteiger partial charge on any atom is 0.191 e. The Kier molecular flexibility index (Phi) is 5.20. The zero-order valence-electron chi connectivity index (χ0n) is 12.1. The Bertz CT molecular complexity index is 650. The lowest BCUT2D eigenvalue weighted by Crippen LogP contribution is -2.13. The summed E-state index contributed by atoms with van der Waals surface area (Å²) in [7, 11) is 1.68. The quantitative estimate of drug-likeness (QED) is 0.753. The van der Waals surface area contributed by atoms with E-state index in [1.807, 2.05) is 16.7 Å². The van der Waals surface area contributed by atoms with Crippen molar-refractivity contribution in [3.05, 3.63) is 34.6 Å². The van der Waals surface area contributed by atoms with Crippen molar-refractivity contribution in [3.8, 4) is 5.75 Å². The molecule has 0 fully saturated rings. The largest absolute Gasteiger partial charge is 0.467 e. The highest BCUT2D eigenvalue weighted by atomic mass is 35.5. The third-order valence-corrected chi connectivity index (χ3v) is 4.47. The normalized spacial score (nSPS) is 13.7. The Morgan fingerprint density at radius 3 is 3.23 bits per heavy atom. The summed E-state index contributed by atoms with van der Waals surface area (Å²) in [6.45, 7) is 2.15. The molecule has 0 radical (unpaired) electrons. The second-order valence-corrected chi connectivity index (χ2v) is 6.13. The van der Waals surface area contributed by atoms with E-state index in [4.69, 9.17) is 25.8 Å². The summed E-state index contributed by atoms with van der Waals surface area (Å²) >= 11 is 7.77. The monoisotopic (exact) mass is 341 g/mol.